The van der Waals surface area contributed by atoms with Gasteiger partial charge < -0.3 is 10.2 Å². The largest absolute Gasteiger partial charge is 0.336 e. The van der Waals surface area contributed by atoms with Gasteiger partial charge in [-0.3, -0.25) is 4.79 Å². The van der Waals surface area contributed by atoms with E-state index in [0.29, 0.717) is 0 Å². The molecule has 17 heavy (non-hydrogen) atoms. The summed E-state index contributed by atoms with van der Waals surface area (Å²) in [4.78, 5) is 16.8. The van der Waals surface area contributed by atoms with Gasteiger partial charge in [-0.25, -0.2) is 0 Å². The molecule has 1 unspecified atom stereocenters. The molecule has 1 aliphatic rings. The number of nitrogens with one attached hydrogen (secondary N) is 1. The van der Waals surface area contributed by atoms with E-state index in [0.717, 1.165) is 32.4 Å². The number of carbonyl (C=O) groups excluding carboxylic acids is 1. The summed E-state index contributed by atoms with van der Waals surface area (Å²) in [5.74, 6) is 0.255. The molecule has 1 saturated heterocycles. The van der Waals surface area contributed by atoms with Crippen molar-refractivity contribution < 1.29 is 4.79 Å². The zero-order valence-electron chi connectivity index (χ0n) is 10.5. The number of amides is 1. The normalized spacial score (nSPS) is 20.9. The third kappa shape index (κ3) is 2.87. The average molecular weight is 252 g/mol. The van der Waals surface area contributed by atoms with Gasteiger partial charge in [-0.2, -0.15) is 0 Å². The number of likely N-dealkylation sites (N-methyl/N-ethyl adjacent to an activating group) is 1. The molecule has 1 aromatic heterocycles. The van der Waals surface area contributed by atoms with Crippen molar-refractivity contribution in [2.75, 3.05) is 13.6 Å². The van der Waals surface area contributed by atoms with E-state index in [4.69, 9.17) is 0 Å². The molecule has 1 atom stereocenters. The molecule has 2 rings (SSSR count). The topological polar surface area (TPSA) is 32.3 Å². The summed E-state index contributed by atoms with van der Waals surface area (Å²) in [5, 5.41) is 3.10. The average Bonchev–Trinajstić information content (AvgIpc) is 2.79. The lowest BCUT2D eigenvalue weighted by atomic mass is 10.1. The Hall–Kier alpha value is -0.870. The Balaban J connectivity index is 2.00. The van der Waals surface area contributed by atoms with Gasteiger partial charge in [0.25, 0.3) is 0 Å². The van der Waals surface area contributed by atoms with Crippen LogP contribution in [0.5, 0.6) is 0 Å². The minimum Gasteiger partial charge on any atom is -0.336 e. The fraction of sp³-hybridized carbons (Fsp3) is 0.615. The van der Waals surface area contributed by atoms with Crippen LogP contribution in [0.15, 0.2) is 12.1 Å². The maximum atomic E-state index is 12.1. The quantitative estimate of drug-likeness (QED) is 0.889. The van der Waals surface area contributed by atoms with E-state index >= 15 is 0 Å². The van der Waals surface area contributed by atoms with Crippen molar-refractivity contribution in [3.63, 3.8) is 0 Å². The van der Waals surface area contributed by atoms with E-state index < -0.39 is 0 Å². The SMILES string of the molecule is CCc1ccc(CN2CCCC(NC)C2=O)s1. The van der Waals surface area contributed by atoms with Gasteiger partial charge in [-0.15, -0.1) is 11.3 Å². The molecule has 2 heterocycles. The standard InChI is InChI=1S/C13H20N2OS/c1-3-10-6-7-11(17-10)9-15-8-4-5-12(14-2)13(15)16/h6-7,12,14H,3-5,8-9H2,1-2H3. The van der Waals surface area contributed by atoms with Crippen LogP contribution in [0.25, 0.3) is 0 Å². The monoisotopic (exact) mass is 252 g/mol. The lowest BCUT2D eigenvalue weighted by molar-refractivity contribution is -0.136. The molecule has 1 N–H and O–H groups in total. The van der Waals surface area contributed by atoms with E-state index in [1.165, 1.54) is 9.75 Å². The number of piperidine rings is 1. The van der Waals surface area contributed by atoms with E-state index in [9.17, 15) is 4.79 Å². The van der Waals surface area contributed by atoms with Crippen LogP contribution in [0.3, 0.4) is 0 Å². The molecule has 1 amide bonds. The molecule has 0 bridgehead atoms. The van der Waals surface area contributed by atoms with Gasteiger partial charge in [0, 0.05) is 16.3 Å². The predicted octanol–water partition coefficient (Wildman–Crippen LogP) is 2.02. The fourth-order valence-electron chi connectivity index (χ4n) is 2.25. The highest BCUT2D eigenvalue weighted by atomic mass is 32.1. The van der Waals surface area contributed by atoms with E-state index in [-0.39, 0.29) is 11.9 Å². The highest BCUT2D eigenvalue weighted by molar-refractivity contribution is 7.11. The van der Waals surface area contributed by atoms with Crippen molar-refractivity contribution in [3.05, 3.63) is 21.9 Å². The second-order valence-corrected chi connectivity index (χ2v) is 5.72. The molecule has 0 radical (unpaired) electrons. The van der Waals surface area contributed by atoms with Gasteiger partial charge in [0.15, 0.2) is 0 Å². The smallest absolute Gasteiger partial charge is 0.240 e. The zero-order chi connectivity index (χ0) is 12.3. The van der Waals surface area contributed by atoms with E-state index in [1.807, 2.05) is 23.3 Å². The van der Waals surface area contributed by atoms with E-state index in [2.05, 4.69) is 24.4 Å². The summed E-state index contributed by atoms with van der Waals surface area (Å²) < 4.78 is 0. The van der Waals surface area contributed by atoms with Crippen LogP contribution in [-0.2, 0) is 17.8 Å². The number of aryl methyl sites for hydroxylation is 1. The number of likely N-dealkylation sites (tertiary alicyclic amines) is 1. The van der Waals surface area contributed by atoms with Gasteiger partial charge in [0.2, 0.25) is 5.91 Å². The lowest BCUT2D eigenvalue weighted by Gasteiger charge is -2.31. The molecule has 0 aromatic carbocycles. The van der Waals surface area contributed by atoms with Crippen molar-refractivity contribution in [2.45, 2.75) is 38.8 Å². The Morgan fingerprint density at radius 3 is 2.88 bits per heavy atom. The summed E-state index contributed by atoms with van der Waals surface area (Å²) in [7, 11) is 1.87. The van der Waals surface area contributed by atoms with Crippen LogP contribution in [0.4, 0.5) is 0 Å². The molecule has 0 aliphatic carbocycles. The van der Waals surface area contributed by atoms with Gasteiger partial charge >= 0.3 is 0 Å². The Labute approximate surface area is 107 Å². The van der Waals surface area contributed by atoms with Gasteiger partial charge in [0.1, 0.15) is 0 Å². The Morgan fingerprint density at radius 2 is 2.24 bits per heavy atom. The van der Waals surface area contributed by atoms with E-state index in [1.54, 1.807) is 0 Å². The minimum absolute atomic E-state index is 0.0226. The first-order chi connectivity index (χ1) is 8.24. The third-order valence-corrected chi connectivity index (χ3v) is 4.51. The molecular formula is C13H20N2OS. The van der Waals surface area contributed by atoms with Crippen LogP contribution in [0, 0.1) is 0 Å². The van der Waals surface area contributed by atoms with Crippen molar-refractivity contribution >= 4 is 17.2 Å². The van der Waals surface area contributed by atoms with Gasteiger partial charge in [0.05, 0.1) is 12.6 Å². The number of hydrogen-bond donors (Lipinski definition) is 1. The van der Waals surface area contributed by atoms with Gasteiger partial charge in [-0.1, -0.05) is 6.92 Å². The summed E-state index contributed by atoms with van der Waals surface area (Å²) in [5.41, 5.74) is 0. The van der Waals surface area contributed by atoms with Crippen LogP contribution < -0.4 is 5.32 Å². The Morgan fingerprint density at radius 1 is 1.47 bits per heavy atom. The molecule has 94 valence electrons. The van der Waals surface area contributed by atoms with Crippen LogP contribution >= 0.6 is 11.3 Å². The molecule has 0 spiro atoms. The number of rotatable bonds is 4. The number of thiophene rings is 1. The molecule has 0 saturated carbocycles. The number of carbonyl (C=O) groups is 1. The fourth-order valence-corrected chi connectivity index (χ4v) is 3.22. The summed E-state index contributed by atoms with van der Waals surface area (Å²) in [6.07, 6.45) is 3.15. The first-order valence-electron chi connectivity index (χ1n) is 6.28. The second kappa shape index (κ2) is 5.65. The summed E-state index contributed by atoms with van der Waals surface area (Å²) >= 11 is 1.82. The minimum atomic E-state index is 0.0226. The maximum absolute atomic E-state index is 12.1. The third-order valence-electron chi connectivity index (χ3n) is 3.29. The number of hydrogen-bond acceptors (Lipinski definition) is 3. The predicted molar refractivity (Wildman–Crippen MR) is 71.2 cm³/mol. The number of nitrogens with zero attached hydrogens (tertiary/aromatic N) is 1. The molecule has 3 nitrogen and oxygen atoms in total. The molecule has 1 aromatic rings. The highest BCUT2D eigenvalue weighted by Crippen LogP contribution is 2.21. The lowest BCUT2D eigenvalue weighted by Crippen LogP contribution is -2.49. The molecule has 1 fully saturated rings. The van der Waals surface area contributed by atoms with Crippen molar-refractivity contribution in [3.8, 4) is 0 Å². The van der Waals surface area contributed by atoms with Crippen molar-refractivity contribution in [2.24, 2.45) is 0 Å². The zero-order valence-corrected chi connectivity index (χ0v) is 11.3. The van der Waals surface area contributed by atoms with Crippen molar-refractivity contribution in [1.29, 1.82) is 0 Å². The van der Waals surface area contributed by atoms with Crippen LogP contribution in [0.1, 0.15) is 29.5 Å². The van der Waals surface area contributed by atoms with Gasteiger partial charge in [-0.05, 0) is 38.4 Å². The first kappa shape index (κ1) is 12.6. The summed E-state index contributed by atoms with van der Waals surface area (Å²) in [6, 6.07) is 4.35. The maximum Gasteiger partial charge on any atom is 0.240 e. The highest BCUT2D eigenvalue weighted by Gasteiger charge is 2.27. The molecular weight excluding hydrogens is 232 g/mol. The summed E-state index contributed by atoms with van der Waals surface area (Å²) in [6.45, 7) is 3.84. The first-order valence-corrected chi connectivity index (χ1v) is 7.10. The van der Waals surface area contributed by atoms with Crippen molar-refractivity contribution in [1.82, 2.24) is 10.2 Å². The molecule has 4 heteroatoms. The van der Waals surface area contributed by atoms with Crippen LogP contribution in [-0.4, -0.2) is 30.4 Å². The molecule has 1 aliphatic heterocycles. The Bertz CT molecular complexity index is 389. The van der Waals surface area contributed by atoms with Crippen LogP contribution in [0.2, 0.25) is 0 Å². The second-order valence-electron chi connectivity index (χ2n) is 4.46. The Kier molecular flexibility index (Phi) is 4.18.